The van der Waals surface area contributed by atoms with Crippen LogP contribution in [0.15, 0.2) is 114 Å². The van der Waals surface area contributed by atoms with Gasteiger partial charge in [0.25, 0.3) is 10.0 Å². The molecule has 4 aromatic carbocycles. The van der Waals surface area contributed by atoms with E-state index in [0.29, 0.717) is 22.1 Å². The number of benzene rings is 4. The largest absolute Gasteiger partial charge is 0.457 e. The molecule has 1 atom stereocenters. The van der Waals surface area contributed by atoms with E-state index in [4.69, 9.17) is 16.3 Å². The minimum Gasteiger partial charge on any atom is -0.457 e. The minimum atomic E-state index is -4.19. The second-order valence-electron chi connectivity index (χ2n) is 11.3. The Morgan fingerprint density at radius 2 is 1.43 bits per heavy atom. The zero-order valence-corrected chi connectivity index (χ0v) is 26.7. The molecule has 1 N–H and O–H groups in total. The van der Waals surface area contributed by atoms with Crippen LogP contribution in [-0.2, 0) is 26.2 Å². The Morgan fingerprint density at radius 3 is 2.02 bits per heavy atom. The van der Waals surface area contributed by atoms with Crippen molar-refractivity contribution in [3.8, 4) is 11.5 Å². The monoisotopic (exact) mass is 633 g/mol. The van der Waals surface area contributed by atoms with E-state index in [2.05, 4.69) is 5.32 Å². The van der Waals surface area contributed by atoms with Crippen LogP contribution in [0.4, 0.5) is 5.69 Å². The standard InChI is InChI=1S/C34H36ClN3O5S/c1-25(33(40)36-34(2,3)4)37(23-26-12-11-13-27(35)22-26)32(39)24-38(44(41,42)31-16-9-6-10-17-31)28-18-20-30(21-19-28)43-29-14-7-5-8-15-29/h5-22,25H,23-24H2,1-4H3,(H,36,40)/t25-/m1/s1. The summed E-state index contributed by atoms with van der Waals surface area (Å²) in [5.41, 5.74) is 0.417. The molecule has 0 saturated carbocycles. The van der Waals surface area contributed by atoms with Gasteiger partial charge in [0.05, 0.1) is 10.6 Å². The fourth-order valence-electron chi connectivity index (χ4n) is 4.44. The first-order valence-corrected chi connectivity index (χ1v) is 15.9. The SMILES string of the molecule is C[C@H](C(=O)NC(C)(C)C)N(Cc1cccc(Cl)c1)C(=O)CN(c1ccc(Oc2ccccc2)cc1)S(=O)(=O)c1ccccc1. The van der Waals surface area contributed by atoms with Gasteiger partial charge in [0.15, 0.2) is 0 Å². The second kappa shape index (κ2) is 14.0. The first-order valence-electron chi connectivity index (χ1n) is 14.1. The van der Waals surface area contributed by atoms with Crippen LogP contribution in [0, 0.1) is 0 Å². The number of sulfonamides is 1. The maximum Gasteiger partial charge on any atom is 0.264 e. The molecule has 0 spiro atoms. The first kappa shape index (κ1) is 32.6. The van der Waals surface area contributed by atoms with E-state index >= 15 is 0 Å². The molecule has 0 radical (unpaired) electrons. The van der Waals surface area contributed by atoms with Crippen LogP contribution in [0.5, 0.6) is 11.5 Å². The van der Waals surface area contributed by atoms with Gasteiger partial charge in [-0.05, 0) is 93.9 Å². The van der Waals surface area contributed by atoms with Crippen molar-refractivity contribution in [2.75, 3.05) is 10.8 Å². The Balaban J connectivity index is 1.70. The lowest BCUT2D eigenvalue weighted by Crippen LogP contribution is -2.54. The topological polar surface area (TPSA) is 96.0 Å². The average molecular weight is 634 g/mol. The highest BCUT2D eigenvalue weighted by molar-refractivity contribution is 7.92. The third-order valence-corrected chi connectivity index (χ3v) is 8.64. The summed E-state index contributed by atoms with van der Waals surface area (Å²) in [4.78, 5) is 28.7. The number of rotatable bonds is 11. The summed E-state index contributed by atoms with van der Waals surface area (Å²) in [6, 6.07) is 29.6. The summed E-state index contributed by atoms with van der Waals surface area (Å²) in [5.74, 6) is 0.195. The predicted octanol–water partition coefficient (Wildman–Crippen LogP) is 6.66. The molecule has 230 valence electrons. The number of nitrogens with one attached hydrogen (secondary N) is 1. The lowest BCUT2D eigenvalue weighted by atomic mass is 10.1. The summed E-state index contributed by atoms with van der Waals surface area (Å²) in [6.07, 6.45) is 0. The van der Waals surface area contributed by atoms with Crippen LogP contribution >= 0.6 is 11.6 Å². The van der Waals surface area contributed by atoms with Crippen molar-refractivity contribution in [1.29, 1.82) is 0 Å². The normalized spacial score (nSPS) is 12.2. The van der Waals surface area contributed by atoms with Crippen molar-refractivity contribution in [2.24, 2.45) is 0 Å². The number of nitrogens with zero attached hydrogens (tertiary/aromatic N) is 2. The summed E-state index contributed by atoms with van der Waals surface area (Å²) >= 11 is 6.21. The molecule has 0 bridgehead atoms. The lowest BCUT2D eigenvalue weighted by Gasteiger charge is -2.33. The van der Waals surface area contributed by atoms with Crippen LogP contribution < -0.4 is 14.4 Å². The van der Waals surface area contributed by atoms with Crippen LogP contribution in [0.25, 0.3) is 0 Å². The molecular weight excluding hydrogens is 598 g/mol. The zero-order valence-electron chi connectivity index (χ0n) is 25.1. The third-order valence-electron chi connectivity index (χ3n) is 6.62. The van der Waals surface area contributed by atoms with E-state index in [1.54, 1.807) is 73.7 Å². The molecule has 0 fully saturated rings. The van der Waals surface area contributed by atoms with Gasteiger partial charge in [-0.25, -0.2) is 8.42 Å². The van der Waals surface area contributed by atoms with Gasteiger partial charge in [-0.3, -0.25) is 13.9 Å². The molecule has 4 aromatic rings. The fourth-order valence-corrected chi connectivity index (χ4v) is 6.09. The molecule has 0 aromatic heterocycles. The van der Waals surface area contributed by atoms with Gasteiger partial charge < -0.3 is 15.0 Å². The van der Waals surface area contributed by atoms with E-state index in [1.807, 2.05) is 51.1 Å². The van der Waals surface area contributed by atoms with Crippen LogP contribution in [0.1, 0.15) is 33.3 Å². The third kappa shape index (κ3) is 8.61. The van der Waals surface area contributed by atoms with E-state index in [-0.39, 0.29) is 23.0 Å². The van der Waals surface area contributed by atoms with Crippen molar-refractivity contribution >= 4 is 39.1 Å². The van der Waals surface area contributed by atoms with Crippen molar-refractivity contribution in [1.82, 2.24) is 10.2 Å². The molecule has 0 aliphatic heterocycles. The molecule has 8 nitrogen and oxygen atoms in total. The maximum absolute atomic E-state index is 14.1. The number of halogens is 1. The molecule has 10 heteroatoms. The molecule has 0 aliphatic rings. The van der Waals surface area contributed by atoms with Crippen molar-refractivity contribution in [2.45, 2.75) is 50.7 Å². The Labute approximate surface area is 264 Å². The number of anilines is 1. The number of hydrogen-bond donors (Lipinski definition) is 1. The van der Waals surface area contributed by atoms with E-state index < -0.39 is 34.1 Å². The molecule has 4 rings (SSSR count). The number of carbonyl (C=O) groups excluding carboxylic acids is 2. The van der Waals surface area contributed by atoms with Gasteiger partial charge in [0.2, 0.25) is 11.8 Å². The van der Waals surface area contributed by atoms with Crippen molar-refractivity contribution in [3.05, 3.63) is 120 Å². The molecule has 0 aliphatic carbocycles. The highest BCUT2D eigenvalue weighted by Gasteiger charge is 2.33. The molecule has 0 saturated heterocycles. The van der Waals surface area contributed by atoms with Crippen LogP contribution in [0.2, 0.25) is 5.02 Å². The number of amides is 2. The number of para-hydroxylation sites is 1. The summed E-state index contributed by atoms with van der Waals surface area (Å²) in [7, 11) is -4.19. The van der Waals surface area contributed by atoms with E-state index in [1.165, 1.54) is 17.0 Å². The van der Waals surface area contributed by atoms with Gasteiger partial charge in [-0.1, -0.05) is 60.1 Å². The Morgan fingerprint density at radius 1 is 0.841 bits per heavy atom. The molecular formula is C34H36ClN3O5S. The molecule has 0 heterocycles. The Kier molecular flexibility index (Phi) is 10.3. The predicted molar refractivity (Wildman–Crippen MR) is 173 cm³/mol. The van der Waals surface area contributed by atoms with Crippen molar-refractivity contribution in [3.63, 3.8) is 0 Å². The minimum absolute atomic E-state index is 0.0253. The van der Waals surface area contributed by atoms with Gasteiger partial charge in [-0.2, -0.15) is 0 Å². The van der Waals surface area contributed by atoms with Crippen LogP contribution in [0.3, 0.4) is 0 Å². The maximum atomic E-state index is 14.1. The second-order valence-corrected chi connectivity index (χ2v) is 13.6. The highest BCUT2D eigenvalue weighted by atomic mass is 35.5. The van der Waals surface area contributed by atoms with Crippen LogP contribution in [-0.4, -0.2) is 43.3 Å². The van der Waals surface area contributed by atoms with Gasteiger partial charge in [0, 0.05) is 17.1 Å². The van der Waals surface area contributed by atoms with E-state index in [0.717, 1.165) is 4.31 Å². The quantitative estimate of drug-likeness (QED) is 0.199. The van der Waals surface area contributed by atoms with Gasteiger partial charge in [0.1, 0.15) is 24.1 Å². The summed E-state index contributed by atoms with van der Waals surface area (Å²) in [6.45, 7) is 6.65. The van der Waals surface area contributed by atoms with Crippen molar-refractivity contribution < 1.29 is 22.7 Å². The number of hydrogen-bond acceptors (Lipinski definition) is 5. The zero-order chi connectivity index (χ0) is 31.9. The Hall–Kier alpha value is -4.34. The molecule has 0 unspecified atom stereocenters. The number of ether oxygens (including phenoxy) is 1. The molecule has 2 amide bonds. The number of carbonyl (C=O) groups is 2. The van der Waals surface area contributed by atoms with Gasteiger partial charge in [-0.15, -0.1) is 0 Å². The fraction of sp³-hybridized carbons (Fsp3) is 0.235. The lowest BCUT2D eigenvalue weighted by molar-refractivity contribution is -0.140. The summed E-state index contributed by atoms with van der Waals surface area (Å²) < 4.78 is 34.9. The van der Waals surface area contributed by atoms with E-state index in [9.17, 15) is 18.0 Å². The summed E-state index contributed by atoms with van der Waals surface area (Å²) in [5, 5.41) is 3.39. The first-order chi connectivity index (χ1) is 20.8. The smallest absolute Gasteiger partial charge is 0.264 e. The van der Waals surface area contributed by atoms with Gasteiger partial charge >= 0.3 is 0 Å². The highest BCUT2D eigenvalue weighted by Crippen LogP contribution is 2.28. The average Bonchev–Trinajstić information content (AvgIpc) is 2.99. The molecule has 44 heavy (non-hydrogen) atoms. The Bertz CT molecular complexity index is 1680.